The number of hydrogen-bond acceptors (Lipinski definition) is 3. The average Bonchev–Trinajstić information content (AvgIpc) is 2.24. The van der Waals surface area contributed by atoms with Crippen LogP contribution >= 0.6 is 23.2 Å². The second kappa shape index (κ2) is 6.03. The van der Waals surface area contributed by atoms with E-state index in [1.54, 1.807) is 0 Å². The van der Waals surface area contributed by atoms with Crippen molar-refractivity contribution >= 4 is 29.1 Å². The Bertz CT molecular complexity index is 361. The molecule has 0 fully saturated rings. The first-order valence-electron chi connectivity index (χ1n) is 4.81. The lowest BCUT2D eigenvalue weighted by atomic mass is 10.2. The van der Waals surface area contributed by atoms with Gasteiger partial charge >= 0.3 is 0 Å². The molecule has 1 heterocycles. The summed E-state index contributed by atoms with van der Waals surface area (Å²) in [6.07, 6.45) is 0.648. The Morgan fingerprint density at radius 3 is 2.50 bits per heavy atom. The minimum absolute atomic E-state index is 0.102. The van der Waals surface area contributed by atoms with Gasteiger partial charge in [0.05, 0.1) is 12.6 Å². The fraction of sp³-hybridized carbons (Fsp3) is 0.400. The second-order valence-electron chi connectivity index (χ2n) is 3.26. The molecule has 2 N–H and O–H groups in total. The van der Waals surface area contributed by atoms with Crippen LogP contribution in [-0.4, -0.2) is 28.6 Å². The number of pyridine rings is 1. The van der Waals surface area contributed by atoms with Gasteiger partial charge in [0.1, 0.15) is 10.3 Å². The zero-order chi connectivity index (χ0) is 12.1. The van der Waals surface area contributed by atoms with E-state index in [2.05, 4.69) is 10.3 Å². The maximum atomic E-state index is 11.7. The van der Waals surface area contributed by atoms with Gasteiger partial charge in [0, 0.05) is 5.56 Å². The van der Waals surface area contributed by atoms with Gasteiger partial charge in [-0.15, -0.1) is 0 Å². The van der Waals surface area contributed by atoms with Gasteiger partial charge in [0.25, 0.3) is 5.91 Å². The molecule has 0 aliphatic heterocycles. The third kappa shape index (κ3) is 3.63. The smallest absolute Gasteiger partial charge is 0.251 e. The summed E-state index contributed by atoms with van der Waals surface area (Å²) >= 11 is 11.3. The van der Waals surface area contributed by atoms with Crippen LogP contribution in [0.5, 0.6) is 0 Å². The molecule has 0 spiro atoms. The first kappa shape index (κ1) is 13.2. The molecule has 0 bridgehead atoms. The molecule has 1 aromatic heterocycles. The monoisotopic (exact) mass is 262 g/mol. The summed E-state index contributed by atoms with van der Waals surface area (Å²) in [5, 5.41) is 11.9. The van der Waals surface area contributed by atoms with Crippen molar-refractivity contribution in [1.82, 2.24) is 10.3 Å². The number of rotatable bonds is 4. The molecule has 1 atom stereocenters. The van der Waals surface area contributed by atoms with E-state index in [0.29, 0.717) is 12.0 Å². The van der Waals surface area contributed by atoms with Crippen LogP contribution < -0.4 is 5.32 Å². The van der Waals surface area contributed by atoms with Crippen molar-refractivity contribution in [2.24, 2.45) is 0 Å². The molecule has 0 aliphatic carbocycles. The first-order chi connectivity index (χ1) is 7.56. The summed E-state index contributed by atoms with van der Waals surface area (Å²) in [6.45, 7) is 1.77. The summed E-state index contributed by atoms with van der Waals surface area (Å²) in [5.74, 6) is -0.327. The molecule has 0 unspecified atom stereocenters. The highest BCUT2D eigenvalue weighted by Crippen LogP contribution is 2.14. The maximum Gasteiger partial charge on any atom is 0.251 e. The molecule has 1 rings (SSSR count). The molecule has 4 nitrogen and oxygen atoms in total. The number of hydrogen-bond donors (Lipinski definition) is 2. The van der Waals surface area contributed by atoms with Crippen molar-refractivity contribution in [2.45, 2.75) is 19.4 Å². The SMILES string of the molecule is CC[C@H](CO)NC(=O)c1cc(Cl)nc(Cl)c1. The van der Waals surface area contributed by atoms with Crippen LogP contribution in [0.15, 0.2) is 12.1 Å². The summed E-state index contributed by atoms with van der Waals surface area (Å²) in [5.41, 5.74) is 0.330. The summed E-state index contributed by atoms with van der Waals surface area (Å²) < 4.78 is 0. The van der Waals surface area contributed by atoms with Gasteiger partial charge in [-0.3, -0.25) is 4.79 Å². The molecule has 0 aliphatic rings. The van der Waals surface area contributed by atoms with Crippen molar-refractivity contribution in [3.63, 3.8) is 0 Å². The number of aromatic nitrogens is 1. The van der Waals surface area contributed by atoms with Gasteiger partial charge in [-0.25, -0.2) is 4.98 Å². The minimum atomic E-state index is -0.327. The normalized spacial score (nSPS) is 12.2. The number of carbonyl (C=O) groups is 1. The predicted molar refractivity (Wildman–Crippen MR) is 62.9 cm³/mol. The molecule has 1 aromatic rings. The zero-order valence-corrected chi connectivity index (χ0v) is 10.2. The Kier molecular flexibility index (Phi) is 4.99. The van der Waals surface area contributed by atoms with Crippen molar-refractivity contribution in [1.29, 1.82) is 0 Å². The molecule has 0 saturated heterocycles. The Balaban J connectivity index is 2.80. The molecule has 6 heteroatoms. The van der Waals surface area contributed by atoms with E-state index >= 15 is 0 Å². The van der Waals surface area contributed by atoms with Crippen molar-refractivity contribution < 1.29 is 9.90 Å². The van der Waals surface area contributed by atoms with Crippen LogP contribution in [0.1, 0.15) is 23.7 Å². The number of carbonyl (C=O) groups excluding carboxylic acids is 1. The Labute approximate surface area is 104 Å². The van der Waals surface area contributed by atoms with E-state index in [-0.39, 0.29) is 28.9 Å². The lowest BCUT2D eigenvalue weighted by Crippen LogP contribution is -2.36. The molecular formula is C10H12Cl2N2O2. The van der Waals surface area contributed by atoms with E-state index in [4.69, 9.17) is 28.3 Å². The van der Waals surface area contributed by atoms with Gasteiger partial charge in [-0.05, 0) is 18.6 Å². The maximum absolute atomic E-state index is 11.7. The lowest BCUT2D eigenvalue weighted by molar-refractivity contribution is 0.0915. The van der Waals surface area contributed by atoms with Crippen LogP contribution in [0.2, 0.25) is 10.3 Å². The van der Waals surface area contributed by atoms with E-state index in [9.17, 15) is 4.79 Å². The Morgan fingerprint density at radius 2 is 2.06 bits per heavy atom. The van der Waals surface area contributed by atoms with Crippen LogP contribution in [0, 0.1) is 0 Å². The molecule has 0 saturated carbocycles. The average molecular weight is 263 g/mol. The third-order valence-corrected chi connectivity index (χ3v) is 2.46. The zero-order valence-electron chi connectivity index (χ0n) is 8.70. The van der Waals surface area contributed by atoms with E-state index in [0.717, 1.165) is 0 Å². The molecule has 88 valence electrons. The van der Waals surface area contributed by atoms with Crippen molar-refractivity contribution in [3.8, 4) is 0 Å². The quantitative estimate of drug-likeness (QED) is 0.815. The van der Waals surface area contributed by atoms with Crippen LogP contribution in [-0.2, 0) is 0 Å². The number of nitrogens with zero attached hydrogens (tertiary/aromatic N) is 1. The fourth-order valence-electron chi connectivity index (χ4n) is 1.14. The van der Waals surface area contributed by atoms with E-state index < -0.39 is 0 Å². The first-order valence-corrected chi connectivity index (χ1v) is 5.57. The predicted octanol–water partition coefficient (Wildman–Crippen LogP) is 1.89. The molecule has 1 amide bonds. The molecular weight excluding hydrogens is 251 g/mol. The fourth-order valence-corrected chi connectivity index (χ4v) is 1.60. The largest absolute Gasteiger partial charge is 0.394 e. The van der Waals surface area contributed by atoms with E-state index in [1.165, 1.54) is 12.1 Å². The van der Waals surface area contributed by atoms with Crippen molar-refractivity contribution in [2.75, 3.05) is 6.61 Å². The molecule has 0 aromatic carbocycles. The highest BCUT2D eigenvalue weighted by atomic mass is 35.5. The van der Waals surface area contributed by atoms with Crippen molar-refractivity contribution in [3.05, 3.63) is 28.0 Å². The lowest BCUT2D eigenvalue weighted by Gasteiger charge is -2.13. The highest BCUT2D eigenvalue weighted by Gasteiger charge is 2.12. The highest BCUT2D eigenvalue weighted by molar-refractivity contribution is 6.33. The van der Waals surface area contributed by atoms with Gasteiger partial charge in [0.2, 0.25) is 0 Å². The topological polar surface area (TPSA) is 62.2 Å². The third-order valence-electron chi connectivity index (χ3n) is 2.07. The number of aliphatic hydroxyl groups excluding tert-OH is 1. The van der Waals surface area contributed by atoms with Crippen LogP contribution in [0.4, 0.5) is 0 Å². The van der Waals surface area contributed by atoms with Gasteiger partial charge in [-0.1, -0.05) is 30.1 Å². The summed E-state index contributed by atoms with van der Waals surface area (Å²) in [4.78, 5) is 15.4. The number of halogens is 2. The molecule has 16 heavy (non-hydrogen) atoms. The number of nitrogens with one attached hydrogen (secondary N) is 1. The summed E-state index contributed by atoms with van der Waals surface area (Å²) in [7, 11) is 0. The number of amides is 1. The molecule has 0 radical (unpaired) electrons. The Hall–Kier alpha value is -0.840. The standard InChI is InChI=1S/C10H12Cl2N2O2/c1-2-7(5-15)13-10(16)6-3-8(11)14-9(12)4-6/h3-4,7,15H,2,5H2,1H3,(H,13,16)/t7-/m1/s1. The van der Waals surface area contributed by atoms with E-state index in [1.807, 2.05) is 6.92 Å². The number of aliphatic hydroxyl groups is 1. The Morgan fingerprint density at radius 1 is 1.50 bits per heavy atom. The van der Waals surface area contributed by atoms with Crippen LogP contribution in [0.3, 0.4) is 0 Å². The van der Waals surface area contributed by atoms with Gasteiger partial charge in [0.15, 0.2) is 0 Å². The minimum Gasteiger partial charge on any atom is -0.394 e. The second-order valence-corrected chi connectivity index (χ2v) is 4.04. The van der Waals surface area contributed by atoms with Gasteiger partial charge in [-0.2, -0.15) is 0 Å². The van der Waals surface area contributed by atoms with Crippen LogP contribution in [0.25, 0.3) is 0 Å². The summed E-state index contributed by atoms with van der Waals surface area (Å²) in [6, 6.07) is 2.58. The van der Waals surface area contributed by atoms with Gasteiger partial charge < -0.3 is 10.4 Å².